The van der Waals surface area contributed by atoms with Crippen LogP contribution in [0, 0.1) is 0 Å². The van der Waals surface area contributed by atoms with Gasteiger partial charge in [-0.05, 0) is 25.7 Å². The topological polar surface area (TPSA) is 60.9 Å². The van der Waals surface area contributed by atoms with Crippen LogP contribution in [-0.4, -0.2) is 59.0 Å². The molecule has 1 heterocycles. The predicted octanol–water partition coefficient (Wildman–Crippen LogP) is 0.548. The molecule has 0 bridgehead atoms. The summed E-state index contributed by atoms with van der Waals surface area (Å²) in [5, 5.41) is 8.69. The fourth-order valence-electron chi connectivity index (χ4n) is 2.31. The maximum Gasteiger partial charge on any atom is 0.304 e. The van der Waals surface area contributed by atoms with Gasteiger partial charge in [-0.15, -0.1) is 0 Å². The average Bonchev–Trinajstić information content (AvgIpc) is 2.98. The Kier molecular flexibility index (Phi) is 3.99. The van der Waals surface area contributed by atoms with Gasteiger partial charge in [0.25, 0.3) is 0 Å². The molecule has 1 amide bonds. The molecular formula is C12H20N2O3. The van der Waals surface area contributed by atoms with E-state index in [4.69, 9.17) is 5.11 Å². The van der Waals surface area contributed by atoms with Crippen molar-refractivity contribution in [2.75, 3.05) is 26.2 Å². The summed E-state index contributed by atoms with van der Waals surface area (Å²) < 4.78 is 0. The summed E-state index contributed by atoms with van der Waals surface area (Å²) >= 11 is 0. The Balaban J connectivity index is 1.79. The van der Waals surface area contributed by atoms with Crippen LogP contribution in [0.3, 0.4) is 0 Å². The van der Waals surface area contributed by atoms with Gasteiger partial charge in [0, 0.05) is 25.7 Å². The van der Waals surface area contributed by atoms with E-state index in [-0.39, 0.29) is 12.3 Å². The van der Waals surface area contributed by atoms with Gasteiger partial charge in [0.15, 0.2) is 0 Å². The zero-order valence-electron chi connectivity index (χ0n) is 10.1. The van der Waals surface area contributed by atoms with Crippen molar-refractivity contribution >= 4 is 11.9 Å². The molecule has 0 aromatic rings. The van der Waals surface area contributed by atoms with Gasteiger partial charge in [-0.25, -0.2) is 0 Å². The van der Waals surface area contributed by atoms with Crippen molar-refractivity contribution in [2.45, 2.75) is 38.1 Å². The van der Waals surface area contributed by atoms with E-state index in [0.29, 0.717) is 19.1 Å². The van der Waals surface area contributed by atoms with Crippen LogP contribution in [0.1, 0.15) is 32.1 Å². The van der Waals surface area contributed by atoms with Gasteiger partial charge in [-0.2, -0.15) is 0 Å². The molecule has 0 aromatic heterocycles. The maximum atomic E-state index is 12.0. The lowest BCUT2D eigenvalue weighted by Gasteiger charge is -2.24. The number of carbonyl (C=O) groups is 2. The number of amides is 1. The van der Waals surface area contributed by atoms with E-state index in [1.54, 1.807) is 0 Å². The third-order valence-corrected chi connectivity index (χ3v) is 3.47. The first-order valence-electron chi connectivity index (χ1n) is 6.40. The molecule has 1 aliphatic heterocycles. The Hall–Kier alpha value is -1.10. The van der Waals surface area contributed by atoms with E-state index in [2.05, 4.69) is 0 Å². The molecule has 1 saturated heterocycles. The summed E-state index contributed by atoms with van der Waals surface area (Å²) in [6, 6.07) is 0.445. The van der Waals surface area contributed by atoms with Crippen molar-refractivity contribution in [3.05, 3.63) is 0 Å². The van der Waals surface area contributed by atoms with E-state index < -0.39 is 5.97 Å². The van der Waals surface area contributed by atoms with Crippen LogP contribution in [0.15, 0.2) is 0 Å². The molecule has 1 N–H and O–H groups in total. The van der Waals surface area contributed by atoms with Gasteiger partial charge < -0.3 is 10.0 Å². The summed E-state index contributed by atoms with van der Waals surface area (Å²) in [7, 11) is 0. The first-order valence-corrected chi connectivity index (χ1v) is 6.40. The number of hydrogen-bond acceptors (Lipinski definition) is 3. The smallest absolute Gasteiger partial charge is 0.304 e. The van der Waals surface area contributed by atoms with E-state index in [1.165, 1.54) is 0 Å². The average molecular weight is 240 g/mol. The molecule has 5 nitrogen and oxygen atoms in total. The van der Waals surface area contributed by atoms with Gasteiger partial charge in [-0.1, -0.05) is 0 Å². The first kappa shape index (κ1) is 12.4. The van der Waals surface area contributed by atoms with Crippen LogP contribution in [0.2, 0.25) is 0 Å². The number of carbonyl (C=O) groups excluding carboxylic acids is 1. The van der Waals surface area contributed by atoms with Crippen LogP contribution in [-0.2, 0) is 9.59 Å². The van der Waals surface area contributed by atoms with Crippen LogP contribution in [0.5, 0.6) is 0 Å². The monoisotopic (exact) mass is 240 g/mol. The fraction of sp³-hybridized carbons (Fsp3) is 0.833. The summed E-state index contributed by atoms with van der Waals surface area (Å²) in [6.45, 7) is 2.64. The number of carboxylic acids is 1. The van der Waals surface area contributed by atoms with E-state index >= 15 is 0 Å². The molecule has 0 spiro atoms. The van der Waals surface area contributed by atoms with Crippen molar-refractivity contribution in [2.24, 2.45) is 0 Å². The van der Waals surface area contributed by atoms with Crippen molar-refractivity contribution in [1.29, 1.82) is 0 Å². The molecule has 0 atom stereocenters. The quantitative estimate of drug-likeness (QED) is 0.736. The molecule has 2 rings (SSSR count). The normalized spacial score (nSPS) is 19.9. The third-order valence-electron chi connectivity index (χ3n) is 3.47. The summed E-state index contributed by atoms with van der Waals surface area (Å²) in [4.78, 5) is 26.5. The van der Waals surface area contributed by atoms with Crippen LogP contribution in [0.25, 0.3) is 0 Å². The molecule has 96 valence electrons. The SMILES string of the molecule is O=C(O)CCN(CC(=O)N1CCCC1)C1CC1. The van der Waals surface area contributed by atoms with Crippen LogP contribution >= 0.6 is 0 Å². The fourth-order valence-corrected chi connectivity index (χ4v) is 2.31. The van der Waals surface area contributed by atoms with Crippen molar-refractivity contribution < 1.29 is 14.7 Å². The summed E-state index contributed by atoms with van der Waals surface area (Å²) in [5.41, 5.74) is 0. The highest BCUT2D eigenvalue weighted by Gasteiger charge is 2.31. The van der Waals surface area contributed by atoms with Gasteiger partial charge >= 0.3 is 5.97 Å². The zero-order valence-corrected chi connectivity index (χ0v) is 10.1. The molecule has 0 unspecified atom stereocenters. The second-order valence-electron chi connectivity index (χ2n) is 4.93. The van der Waals surface area contributed by atoms with E-state index in [1.807, 2.05) is 9.80 Å². The van der Waals surface area contributed by atoms with Crippen molar-refractivity contribution in [1.82, 2.24) is 9.80 Å². The second kappa shape index (κ2) is 5.49. The Morgan fingerprint density at radius 3 is 2.41 bits per heavy atom. The highest BCUT2D eigenvalue weighted by molar-refractivity contribution is 5.78. The lowest BCUT2D eigenvalue weighted by atomic mass is 10.3. The molecule has 0 aromatic carbocycles. The Bertz CT molecular complexity index is 296. The van der Waals surface area contributed by atoms with Crippen LogP contribution < -0.4 is 0 Å². The standard InChI is InChI=1S/C12H20N2O3/c15-11(13-6-1-2-7-13)9-14(10-3-4-10)8-5-12(16)17/h10H,1-9H2,(H,16,17). The lowest BCUT2D eigenvalue weighted by Crippen LogP contribution is -2.40. The molecule has 1 saturated carbocycles. The molecular weight excluding hydrogens is 220 g/mol. The van der Waals surface area contributed by atoms with Crippen molar-refractivity contribution in [3.8, 4) is 0 Å². The molecule has 0 radical (unpaired) electrons. The molecule has 5 heteroatoms. The number of nitrogens with zero attached hydrogens (tertiary/aromatic N) is 2. The minimum Gasteiger partial charge on any atom is -0.481 e. The van der Waals surface area contributed by atoms with Gasteiger partial charge in [0.2, 0.25) is 5.91 Å². The number of carboxylic acid groups (broad SMARTS) is 1. The van der Waals surface area contributed by atoms with Crippen molar-refractivity contribution in [3.63, 3.8) is 0 Å². The Morgan fingerprint density at radius 1 is 1.24 bits per heavy atom. The largest absolute Gasteiger partial charge is 0.481 e. The Morgan fingerprint density at radius 2 is 1.88 bits per heavy atom. The van der Waals surface area contributed by atoms with E-state index in [0.717, 1.165) is 38.8 Å². The highest BCUT2D eigenvalue weighted by Crippen LogP contribution is 2.27. The maximum absolute atomic E-state index is 12.0. The van der Waals surface area contributed by atoms with Gasteiger partial charge in [0.1, 0.15) is 0 Å². The van der Waals surface area contributed by atoms with Crippen LogP contribution in [0.4, 0.5) is 0 Å². The number of likely N-dealkylation sites (tertiary alicyclic amines) is 1. The highest BCUT2D eigenvalue weighted by atomic mass is 16.4. The molecule has 17 heavy (non-hydrogen) atoms. The lowest BCUT2D eigenvalue weighted by molar-refractivity contribution is -0.138. The number of rotatable bonds is 6. The molecule has 2 fully saturated rings. The number of hydrogen-bond donors (Lipinski definition) is 1. The minimum absolute atomic E-state index is 0.129. The molecule has 2 aliphatic rings. The van der Waals surface area contributed by atoms with E-state index in [9.17, 15) is 9.59 Å². The Labute approximate surface area is 101 Å². The van der Waals surface area contributed by atoms with Gasteiger partial charge in [0.05, 0.1) is 13.0 Å². The number of aliphatic carboxylic acids is 1. The third kappa shape index (κ3) is 3.70. The second-order valence-corrected chi connectivity index (χ2v) is 4.93. The zero-order chi connectivity index (χ0) is 12.3. The molecule has 1 aliphatic carbocycles. The van der Waals surface area contributed by atoms with Gasteiger partial charge in [-0.3, -0.25) is 14.5 Å². The minimum atomic E-state index is -0.788. The summed E-state index contributed by atoms with van der Waals surface area (Å²) in [5.74, 6) is -0.621. The predicted molar refractivity (Wildman–Crippen MR) is 62.7 cm³/mol. The first-order chi connectivity index (χ1) is 8.16. The summed E-state index contributed by atoms with van der Waals surface area (Å²) in [6.07, 6.45) is 4.54.